The Morgan fingerprint density at radius 3 is 1.28 bits per heavy atom. The number of nitrogens with zero attached hydrogens (tertiary/aromatic N) is 2. The molecule has 2 unspecified atom stereocenters. The monoisotopic (exact) mass is 962 g/mol. The van der Waals surface area contributed by atoms with Crippen LogP contribution in [-0.4, -0.2) is 31.0 Å². The van der Waals surface area contributed by atoms with Gasteiger partial charge in [-0.2, -0.15) is 0 Å². The van der Waals surface area contributed by atoms with Crippen LogP contribution in [0.25, 0.3) is 60.9 Å². The molecule has 0 fully saturated rings. The molecule has 0 radical (unpaired) electrons. The lowest BCUT2D eigenvalue weighted by Crippen LogP contribution is -2.22. The highest BCUT2D eigenvalue weighted by atomic mass is 16.5. The molecule has 360 valence electrons. The van der Waals surface area contributed by atoms with Crippen molar-refractivity contribution in [3.05, 3.63) is 265 Å². The Hall–Kier alpha value is -8.68. The Bertz CT molecular complexity index is 3580. The summed E-state index contributed by atoms with van der Waals surface area (Å²) in [7, 11) is 0. The Morgan fingerprint density at radius 2 is 0.770 bits per heavy atom. The van der Waals surface area contributed by atoms with Gasteiger partial charge in [0.15, 0.2) is 0 Å². The lowest BCUT2D eigenvalue weighted by atomic mass is 9.85. The van der Waals surface area contributed by atoms with Crippen molar-refractivity contribution in [2.45, 2.75) is 25.0 Å². The van der Waals surface area contributed by atoms with Crippen molar-refractivity contribution >= 4 is 38.9 Å². The SMILES string of the molecule is c1ccc(-c2ccc(N(c3ccc(-c4ccccc4)cc3)c3ccc(-c4ccc5c(c4)c4ccccc4n5-c4cc(OCCOC5Cc6ccccc65)cc(OCCOC5Cc6ccccc65)c4)cc3)cc2)cc1. The highest BCUT2D eigenvalue weighted by Gasteiger charge is 2.27. The Morgan fingerprint density at radius 1 is 0.351 bits per heavy atom. The summed E-state index contributed by atoms with van der Waals surface area (Å²) in [5, 5.41) is 2.33. The van der Waals surface area contributed by atoms with Gasteiger partial charge in [-0.1, -0.05) is 170 Å². The zero-order valence-electron chi connectivity index (χ0n) is 41.0. The van der Waals surface area contributed by atoms with Gasteiger partial charge in [0.25, 0.3) is 0 Å². The lowest BCUT2D eigenvalue weighted by Gasteiger charge is -2.30. The molecule has 0 aliphatic heterocycles. The fraction of sp³-hybridized carbons (Fsp3) is 0.118. The summed E-state index contributed by atoms with van der Waals surface area (Å²) in [6, 6.07) is 86.4. The van der Waals surface area contributed by atoms with E-state index in [1.54, 1.807) is 0 Å². The summed E-state index contributed by atoms with van der Waals surface area (Å²) in [5.74, 6) is 1.44. The Kier molecular flexibility index (Phi) is 12.3. The first-order chi connectivity index (χ1) is 36.7. The fourth-order valence-corrected chi connectivity index (χ4v) is 10.8. The fourth-order valence-electron chi connectivity index (χ4n) is 10.8. The summed E-state index contributed by atoms with van der Waals surface area (Å²) in [5.41, 5.74) is 18.7. The van der Waals surface area contributed by atoms with Gasteiger partial charge < -0.3 is 28.4 Å². The lowest BCUT2D eigenvalue weighted by molar-refractivity contribution is 0.0184. The predicted molar refractivity (Wildman–Crippen MR) is 300 cm³/mol. The molecule has 1 aromatic heterocycles. The summed E-state index contributed by atoms with van der Waals surface area (Å²) in [4.78, 5) is 2.33. The van der Waals surface area contributed by atoms with Gasteiger partial charge in [-0.05, 0) is 110 Å². The maximum absolute atomic E-state index is 6.48. The van der Waals surface area contributed by atoms with Crippen LogP contribution < -0.4 is 14.4 Å². The average Bonchev–Trinajstić information content (AvgIpc) is 3.81. The van der Waals surface area contributed by atoms with E-state index in [4.69, 9.17) is 18.9 Å². The van der Waals surface area contributed by atoms with Crippen LogP contribution >= 0.6 is 0 Å². The van der Waals surface area contributed by atoms with E-state index in [2.05, 4.69) is 246 Å². The molecule has 74 heavy (non-hydrogen) atoms. The van der Waals surface area contributed by atoms with Crippen LogP contribution in [0.5, 0.6) is 11.5 Å². The van der Waals surface area contributed by atoms with Gasteiger partial charge in [-0.3, -0.25) is 0 Å². The molecule has 2 atom stereocenters. The number of hydrogen-bond acceptors (Lipinski definition) is 5. The van der Waals surface area contributed by atoms with Gasteiger partial charge in [0, 0.05) is 58.9 Å². The van der Waals surface area contributed by atoms with E-state index in [1.807, 2.05) is 6.07 Å². The number of fused-ring (bicyclic) bond motifs is 5. The van der Waals surface area contributed by atoms with E-state index < -0.39 is 0 Å². The molecule has 2 aliphatic rings. The van der Waals surface area contributed by atoms with Crippen LogP contribution in [0.4, 0.5) is 17.1 Å². The van der Waals surface area contributed by atoms with Crippen molar-refractivity contribution in [1.29, 1.82) is 0 Å². The first kappa shape index (κ1) is 45.2. The van der Waals surface area contributed by atoms with E-state index in [0.717, 1.165) is 74.6 Å². The minimum absolute atomic E-state index is 0.116. The van der Waals surface area contributed by atoms with Crippen molar-refractivity contribution in [2.24, 2.45) is 0 Å². The molecule has 0 amide bonds. The van der Waals surface area contributed by atoms with Gasteiger partial charge in [0.1, 0.15) is 24.7 Å². The van der Waals surface area contributed by atoms with E-state index in [1.165, 1.54) is 49.9 Å². The second-order valence-corrected chi connectivity index (χ2v) is 19.2. The third-order valence-corrected chi connectivity index (χ3v) is 14.7. The molecule has 11 aromatic rings. The number of aromatic nitrogens is 1. The van der Waals surface area contributed by atoms with Crippen LogP contribution in [0.15, 0.2) is 243 Å². The van der Waals surface area contributed by atoms with Crippen molar-refractivity contribution in [1.82, 2.24) is 4.57 Å². The van der Waals surface area contributed by atoms with E-state index in [9.17, 15) is 0 Å². The molecular formula is C68H54N2O4. The molecule has 0 saturated heterocycles. The van der Waals surface area contributed by atoms with Gasteiger partial charge in [-0.15, -0.1) is 0 Å². The van der Waals surface area contributed by atoms with Crippen LogP contribution in [0.3, 0.4) is 0 Å². The molecular weight excluding hydrogens is 909 g/mol. The molecule has 0 spiro atoms. The maximum Gasteiger partial charge on any atom is 0.125 e. The van der Waals surface area contributed by atoms with Crippen molar-refractivity contribution < 1.29 is 18.9 Å². The molecule has 0 N–H and O–H groups in total. The number of ether oxygens (including phenoxy) is 4. The highest BCUT2D eigenvalue weighted by molar-refractivity contribution is 6.10. The molecule has 0 bridgehead atoms. The molecule has 6 nitrogen and oxygen atoms in total. The van der Waals surface area contributed by atoms with Gasteiger partial charge in [0.2, 0.25) is 0 Å². The number of para-hydroxylation sites is 1. The quantitative estimate of drug-likeness (QED) is 0.0851. The van der Waals surface area contributed by atoms with Crippen molar-refractivity contribution in [2.75, 3.05) is 31.3 Å². The molecule has 1 heterocycles. The van der Waals surface area contributed by atoms with Crippen molar-refractivity contribution in [3.63, 3.8) is 0 Å². The molecule has 13 rings (SSSR count). The number of benzene rings is 10. The largest absolute Gasteiger partial charge is 0.491 e. The number of anilines is 3. The summed E-state index contributed by atoms with van der Waals surface area (Å²) >= 11 is 0. The normalized spacial score (nSPS) is 14.4. The second-order valence-electron chi connectivity index (χ2n) is 19.2. The average molecular weight is 963 g/mol. The molecule has 2 aliphatic carbocycles. The first-order valence-corrected chi connectivity index (χ1v) is 25.7. The smallest absolute Gasteiger partial charge is 0.125 e. The van der Waals surface area contributed by atoms with Crippen LogP contribution in [0, 0.1) is 0 Å². The zero-order valence-corrected chi connectivity index (χ0v) is 41.0. The van der Waals surface area contributed by atoms with Gasteiger partial charge in [0.05, 0.1) is 42.1 Å². The first-order valence-electron chi connectivity index (χ1n) is 25.7. The molecule has 6 heteroatoms. The van der Waals surface area contributed by atoms with Crippen LogP contribution in [0.1, 0.15) is 34.5 Å². The van der Waals surface area contributed by atoms with Crippen molar-refractivity contribution in [3.8, 4) is 50.6 Å². The Labute approximate surface area is 432 Å². The summed E-state index contributed by atoms with van der Waals surface area (Å²) in [6.45, 7) is 1.80. The zero-order chi connectivity index (χ0) is 49.2. The van der Waals surface area contributed by atoms with E-state index in [-0.39, 0.29) is 12.2 Å². The van der Waals surface area contributed by atoms with Crippen LogP contribution in [0.2, 0.25) is 0 Å². The number of hydrogen-bond donors (Lipinski definition) is 0. The summed E-state index contributed by atoms with van der Waals surface area (Å²) in [6.07, 6.45) is 2.11. The number of rotatable bonds is 17. The molecule has 0 saturated carbocycles. The third-order valence-electron chi connectivity index (χ3n) is 14.7. The van der Waals surface area contributed by atoms with Gasteiger partial charge >= 0.3 is 0 Å². The standard InChI is InChI=1S/C68H54N2O4/c1-3-13-47(14-4-1)49-23-30-55(31-24-49)69(56-32-25-50(26-33-56)48-15-5-2-6-16-48)57-34-27-51(28-35-57)52-29-36-66-64(41-52)63-21-11-12-22-65(63)70(66)58-44-59(71-37-39-73-67-42-53-17-7-9-19-61(53)67)46-60(45-58)72-38-40-74-68-43-54-18-8-10-20-62(54)68/h1-36,41,44-46,67-68H,37-40,42-43H2. The second kappa shape index (κ2) is 20.1. The minimum atomic E-state index is 0.116. The predicted octanol–water partition coefficient (Wildman–Crippen LogP) is 16.6. The third kappa shape index (κ3) is 9.00. The van der Waals surface area contributed by atoms with Crippen LogP contribution in [-0.2, 0) is 22.3 Å². The van der Waals surface area contributed by atoms with Gasteiger partial charge in [-0.25, -0.2) is 0 Å². The van der Waals surface area contributed by atoms with E-state index >= 15 is 0 Å². The summed E-state index contributed by atoms with van der Waals surface area (Å²) < 4.78 is 27.8. The Balaban J connectivity index is 0.796. The minimum Gasteiger partial charge on any atom is -0.491 e. The maximum atomic E-state index is 6.48. The molecule has 10 aromatic carbocycles. The van der Waals surface area contributed by atoms with E-state index in [0.29, 0.717) is 26.4 Å². The highest BCUT2D eigenvalue weighted by Crippen LogP contribution is 2.41. The topological polar surface area (TPSA) is 45.1 Å².